The Bertz CT molecular complexity index is 465. The molecule has 0 amide bonds. The van der Waals surface area contributed by atoms with Crippen LogP contribution in [-0.2, 0) is 0 Å². The van der Waals surface area contributed by atoms with E-state index in [0.29, 0.717) is 0 Å². The van der Waals surface area contributed by atoms with Crippen molar-refractivity contribution in [3.05, 3.63) is 29.6 Å². The fourth-order valence-corrected chi connectivity index (χ4v) is 1.89. The standard InChI is InChI=1S/C7H4F6O2S/c8-4-1-2-6(5(3-4)7(14)15)16(9,10,11,12)13/h1-3H,(H,14,15). The van der Waals surface area contributed by atoms with Gasteiger partial charge in [-0.25, -0.2) is 9.18 Å². The summed E-state index contributed by atoms with van der Waals surface area (Å²) in [4.78, 5) is 7.72. The van der Waals surface area contributed by atoms with Crippen molar-refractivity contribution in [2.45, 2.75) is 4.90 Å². The van der Waals surface area contributed by atoms with Gasteiger partial charge in [-0.2, -0.15) is 0 Å². The lowest BCUT2D eigenvalue weighted by Gasteiger charge is -2.41. The zero-order valence-corrected chi connectivity index (χ0v) is 8.08. The monoisotopic (exact) mass is 266 g/mol. The molecule has 0 heterocycles. The lowest BCUT2D eigenvalue weighted by Crippen LogP contribution is -2.13. The maximum absolute atomic E-state index is 12.5. The van der Waals surface area contributed by atoms with Crippen molar-refractivity contribution in [1.82, 2.24) is 0 Å². The second kappa shape index (κ2) is 2.65. The second-order valence-electron chi connectivity index (χ2n) is 2.91. The highest BCUT2D eigenvalue weighted by Gasteiger charge is 2.67. The minimum Gasteiger partial charge on any atom is -0.478 e. The molecule has 0 bridgehead atoms. The molecule has 1 aromatic rings. The average molecular weight is 266 g/mol. The molecule has 0 aliphatic rings. The van der Waals surface area contributed by atoms with Crippen LogP contribution in [0.4, 0.5) is 23.8 Å². The molecule has 0 fully saturated rings. The summed E-state index contributed by atoms with van der Waals surface area (Å²) in [5, 5.41) is 8.30. The Kier molecular flexibility index (Phi) is 2.10. The molecule has 1 rings (SSSR count). The van der Waals surface area contributed by atoms with Crippen molar-refractivity contribution in [3.8, 4) is 0 Å². The van der Waals surface area contributed by atoms with Crippen molar-refractivity contribution < 1.29 is 33.7 Å². The normalized spacial score (nSPS) is 16.4. The van der Waals surface area contributed by atoms with Crippen LogP contribution in [0.1, 0.15) is 10.4 Å². The number of carboxylic acids is 1. The first kappa shape index (κ1) is 12.7. The van der Waals surface area contributed by atoms with Gasteiger partial charge in [-0.05, 0) is 18.2 Å². The highest BCUT2D eigenvalue weighted by Crippen LogP contribution is 3.02. The number of benzene rings is 1. The van der Waals surface area contributed by atoms with Gasteiger partial charge in [0.1, 0.15) is 10.7 Å². The van der Waals surface area contributed by atoms with Gasteiger partial charge in [0, 0.05) is 0 Å². The van der Waals surface area contributed by atoms with E-state index in [-0.39, 0.29) is 18.2 Å². The van der Waals surface area contributed by atoms with Gasteiger partial charge in [0.25, 0.3) is 0 Å². The van der Waals surface area contributed by atoms with Crippen LogP contribution in [0.2, 0.25) is 0 Å². The van der Waals surface area contributed by atoms with E-state index in [0.717, 1.165) is 0 Å². The van der Waals surface area contributed by atoms with Crippen LogP contribution in [0.15, 0.2) is 23.1 Å². The Labute approximate surface area is 85.2 Å². The Morgan fingerprint density at radius 1 is 1.12 bits per heavy atom. The molecule has 16 heavy (non-hydrogen) atoms. The SMILES string of the molecule is O=C(O)c1cc(F)ccc1S(F)(F)(F)(F)F. The van der Waals surface area contributed by atoms with Gasteiger partial charge in [-0.3, -0.25) is 0 Å². The third-order valence-corrected chi connectivity index (χ3v) is 2.77. The van der Waals surface area contributed by atoms with Crippen molar-refractivity contribution in [3.63, 3.8) is 0 Å². The fourth-order valence-electron chi connectivity index (χ4n) is 1.01. The lowest BCUT2D eigenvalue weighted by molar-refractivity contribution is 0.0690. The molecule has 0 aromatic heterocycles. The molecule has 1 N–H and O–H groups in total. The van der Waals surface area contributed by atoms with Gasteiger partial charge in [-0.1, -0.05) is 19.4 Å². The third kappa shape index (κ3) is 2.60. The highest BCUT2D eigenvalue weighted by atomic mass is 32.5. The van der Waals surface area contributed by atoms with Gasteiger partial charge in [0.15, 0.2) is 0 Å². The number of hydrogen-bond acceptors (Lipinski definition) is 1. The quantitative estimate of drug-likeness (QED) is 0.815. The van der Waals surface area contributed by atoms with Crippen LogP contribution in [0.5, 0.6) is 0 Å². The first-order valence-electron chi connectivity index (χ1n) is 3.58. The summed E-state index contributed by atoms with van der Waals surface area (Å²) in [6.45, 7) is 0. The molecule has 0 atom stereocenters. The van der Waals surface area contributed by atoms with Crippen LogP contribution >= 0.6 is 10.2 Å². The van der Waals surface area contributed by atoms with E-state index in [1.54, 1.807) is 0 Å². The van der Waals surface area contributed by atoms with Crippen molar-refractivity contribution in [1.29, 1.82) is 0 Å². The van der Waals surface area contributed by atoms with E-state index in [2.05, 4.69) is 0 Å². The van der Waals surface area contributed by atoms with Crippen molar-refractivity contribution in [2.24, 2.45) is 0 Å². The molecule has 0 aliphatic heterocycles. The maximum Gasteiger partial charge on any atom is 0.337 e. The molecule has 0 aliphatic carbocycles. The van der Waals surface area contributed by atoms with E-state index in [9.17, 15) is 28.6 Å². The van der Waals surface area contributed by atoms with Gasteiger partial charge in [0.2, 0.25) is 0 Å². The van der Waals surface area contributed by atoms with Gasteiger partial charge in [0.05, 0.1) is 5.56 Å². The summed E-state index contributed by atoms with van der Waals surface area (Å²) >= 11 is 0. The fraction of sp³-hybridized carbons (Fsp3) is 0. The zero-order valence-electron chi connectivity index (χ0n) is 7.26. The molecular weight excluding hydrogens is 262 g/mol. The Morgan fingerprint density at radius 3 is 2.00 bits per heavy atom. The minimum absolute atomic E-state index is 0.102. The predicted octanol–water partition coefficient (Wildman–Crippen LogP) is 4.18. The lowest BCUT2D eigenvalue weighted by atomic mass is 10.2. The summed E-state index contributed by atoms with van der Waals surface area (Å²) in [6, 6.07) is -0.254. The van der Waals surface area contributed by atoms with Gasteiger partial charge < -0.3 is 5.11 Å². The van der Waals surface area contributed by atoms with E-state index in [1.807, 2.05) is 0 Å². The summed E-state index contributed by atoms with van der Waals surface area (Å²) in [6.07, 6.45) is 0. The number of aromatic carboxylic acids is 1. The Hall–Kier alpha value is -1.38. The zero-order chi connectivity index (χ0) is 12.8. The first-order valence-corrected chi connectivity index (χ1v) is 5.53. The molecule has 92 valence electrons. The molecule has 9 heteroatoms. The van der Waals surface area contributed by atoms with E-state index < -0.39 is 32.5 Å². The van der Waals surface area contributed by atoms with E-state index in [4.69, 9.17) is 5.11 Å². The Balaban J connectivity index is 3.67. The highest BCUT2D eigenvalue weighted by molar-refractivity contribution is 8.45. The molecular formula is C7H4F6O2S. The van der Waals surface area contributed by atoms with Crippen LogP contribution < -0.4 is 0 Å². The van der Waals surface area contributed by atoms with Crippen molar-refractivity contribution in [2.75, 3.05) is 0 Å². The maximum atomic E-state index is 12.5. The largest absolute Gasteiger partial charge is 0.478 e. The van der Waals surface area contributed by atoms with E-state index in [1.165, 1.54) is 0 Å². The van der Waals surface area contributed by atoms with Crippen molar-refractivity contribution >= 4 is 16.2 Å². The van der Waals surface area contributed by atoms with Crippen LogP contribution in [0, 0.1) is 5.82 Å². The summed E-state index contributed by atoms with van der Waals surface area (Å²) in [5.74, 6) is -3.62. The molecule has 0 spiro atoms. The third-order valence-electron chi connectivity index (χ3n) is 1.59. The predicted molar refractivity (Wildman–Crippen MR) is 44.8 cm³/mol. The number of carbonyl (C=O) groups is 1. The smallest absolute Gasteiger partial charge is 0.337 e. The molecule has 0 unspecified atom stereocenters. The average Bonchev–Trinajstić information content (AvgIpc) is 1.98. The molecule has 2 nitrogen and oxygen atoms in total. The minimum atomic E-state index is -10.1. The number of hydrogen-bond donors (Lipinski definition) is 1. The molecule has 1 aromatic carbocycles. The summed E-state index contributed by atoms with van der Waals surface area (Å²) in [7, 11) is -10.1. The second-order valence-corrected chi connectivity index (χ2v) is 5.29. The van der Waals surface area contributed by atoms with Crippen LogP contribution in [0.25, 0.3) is 0 Å². The van der Waals surface area contributed by atoms with E-state index >= 15 is 0 Å². The molecule has 0 radical (unpaired) electrons. The Morgan fingerprint density at radius 2 is 1.62 bits per heavy atom. The molecule has 0 saturated carbocycles. The summed E-state index contributed by atoms with van der Waals surface area (Å²) in [5.41, 5.74) is -1.81. The van der Waals surface area contributed by atoms with Crippen LogP contribution in [0.3, 0.4) is 0 Å². The summed E-state index contributed by atoms with van der Waals surface area (Å²) < 4.78 is 74.1. The first-order chi connectivity index (χ1) is 6.81. The number of carboxylic acid groups (broad SMARTS) is 1. The van der Waals surface area contributed by atoms with Crippen LogP contribution in [-0.4, -0.2) is 11.1 Å². The molecule has 0 saturated heterocycles. The van der Waals surface area contributed by atoms with Gasteiger partial charge >= 0.3 is 16.2 Å². The number of halogens is 6. The number of rotatable bonds is 2. The van der Waals surface area contributed by atoms with Gasteiger partial charge in [-0.15, -0.1) is 0 Å². The topological polar surface area (TPSA) is 37.3 Å².